The predicted octanol–water partition coefficient (Wildman–Crippen LogP) is 2.47. The first kappa shape index (κ1) is 15.7. The van der Waals surface area contributed by atoms with Crippen molar-refractivity contribution in [2.75, 3.05) is 18.7 Å². The van der Waals surface area contributed by atoms with Crippen LogP contribution < -0.4 is 10.1 Å². The molecule has 7 heteroatoms. The third kappa shape index (κ3) is 4.40. The van der Waals surface area contributed by atoms with Crippen LogP contribution in [0, 0.1) is 17.1 Å². The molecule has 0 radical (unpaired) electrons. The van der Waals surface area contributed by atoms with Gasteiger partial charge >= 0.3 is 6.01 Å². The molecule has 0 amide bonds. The molecule has 0 spiro atoms. The van der Waals surface area contributed by atoms with Crippen molar-refractivity contribution >= 4 is 5.82 Å². The van der Waals surface area contributed by atoms with Crippen molar-refractivity contribution in [3.8, 4) is 12.1 Å². The number of anilines is 1. The summed E-state index contributed by atoms with van der Waals surface area (Å²) in [5, 5.41) is 11.5. The molecule has 6 nitrogen and oxygen atoms in total. The molecule has 1 heterocycles. The molecule has 1 N–H and O–H groups in total. The Kier molecular flexibility index (Phi) is 5.63. The molecule has 114 valence electrons. The highest BCUT2D eigenvalue weighted by molar-refractivity contribution is 5.36. The van der Waals surface area contributed by atoms with Gasteiger partial charge in [-0.15, -0.1) is 0 Å². The van der Waals surface area contributed by atoms with E-state index < -0.39 is 5.82 Å². The first-order valence-corrected chi connectivity index (χ1v) is 6.69. The van der Waals surface area contributed by atoms with Crippen molar-refractivity contribution in [2.45, 2.75) is 13.5 Å². The van der Waals surface area contributed by atoms with Crippen molar-refractivity contribution in [3.63, 3.8) is 0 Å². The minimum absolute atomic E-state index is 0.0178. The SMILES string of the molecule is CCOCNc1nc(OCc2cccc(C#N)c2)ncc1F. The second-order valence-corrected chi connectivity index (χ2v) is 4.26. The summed E-state index contributed by atoms with van der Waals surface area (Å²) in [7, 11) is 0. The molecule has 1 aromatic carbocycles. The van der Waals surface area contributed by atoms with Gasteiger partial charge in [0, 0.05) is 6.61 Å². The average molecular weight is 302 g/mol. The van der Waals surface area contributed by atoms with Gasteiger partial charge in [0.05, 0.1) is 17.8 Å². The number of benzene rings is 1. The third-order valence-electron chi connectivity index (χ3n) is 2.69. The third-order valence-corrected chi connectivity index (χ3v) is 2.69. The summed E-state index contributed by atoms with van der Waals surface area (Å²) in [5.74, 6) is -0.567. The Morgan fingerprint density at radius 3 is 3.05 bits per heavy atom. The van der Waals surface area contributed by atoms with Crippen LogP contribution in [-0.2, 0) is 11.3 Å². The summed E-state index contributed by atoms with van der Waals surface area (Å²) in [5.41, 5.74) is 1.34. The molecule has 0 aliphatic rings. The summed E-state index contributed by atoms with van der Waals surface area (Å²) in [6.45, 7) is 2.68. The topological polar surface area (TPSA) is 80.1 Å². The van der Waals surface area contributed by atoms with Gasteiger partial charge in [-0.2, -0.15) is 10.2 Å². The van der Waals surface area contributed by atoms with E-state index in [9.17, 15) is 4.39 Å². The summed E-state index contributed by atoms with van der Waals surface area (Å²) in [6, 6.07) is 9.08. The fourth-order valence-corrected chi connectivity index (χ4v) is 1.64. The second kappa shape index (κ2) is 7.90. The maximum Gasteiger partial charge on any atom is 0.318 e. The van der Waals surface area contributed by atoms with Crippen LogP contribution in [0.3, 0.4) is 0 Å². The monoisotopic (exact) mass is 302 g/mol. The van der Waals surface area contributed by atoms with Gasteiger partial charge < -0.3 is 14.8 Å². The molecule has 0 saturated carbocycles. The number of nitrogens with one attached hydrogen (secondary N) is 1. The van der Waals surface area contributed by atoms with E-state index in [1.54, 1.807) is 18.2 Å². The van der Waals surface area contributed by atoms with Crippen LogP contribution in [0.15, 0.2) is 30.5 Å². The quantitative estimate of drug-likeness (QED) is 0.625. The molecule has 1 aromatic heterocycles. The molecule has 0 fully saturated rings. The normalized spacial score (nSPS) is 10.0. The number of halogens is 1. The largest absolute Gasteiger partial charge is 0.459 e. The van der Waals surface area contributed by atoms with Gasteiger partial charge in [-0.05, 0) is 24.6 Å². The Bertz CT molecular complexity index is 673. The van der Waals surface area contributed by atoms with E-state index in [-0.39, 0.29) is 25.2 Å². The number of rotatable bonds is 7. The van der Waals surface area contributed by atoms with Crippen molar-refractivity contribution in [1.29, 1.82) is 5.26 Å². The molecule has 0 atom stereocenters. The number of ether oxygens (including phenoxy) is 2. The Morgan fingerprint density at radius 1 is 1.41 bits per heavy atom. The van der Waals surface area contributed by atoms with Gasteiger partial charge in [0.2, 0.25) is 0 Å². The lowest BCUT2D eigenvalue weighted by molar-refractivity contribution is 0.166. The molecule has 0 saturated heterocycles. The predicted molar refractivity (Wildman–Crippen MR) is 77.6 cm³/mol. The van der Waals surface area contributed by atoms with Crippen LogP contribution in [0.4, 0.5) is 10.2 Å². The number of nitrogens with zero attached hydrogens (tertiary/aromatic N) is 3. The summed E-state index contributed by atoms with van der Waals surface area (Å²) < 4.78 is 24.0. The van der Waals surface area contributed by atoms with E-state index in [1.165, 1.54) is 0 Å². The first-order chi connectivity index (χ1) is 10.7. The Morgan fingerprint density at radius 2 is 2.27 bits per heavy atom. The fraction of sp³-hybridized carbons (Fsp3) is 0.267. The minimum atomic E-state index is -0.585. The average Bonchev–Trinajstić information content (AvgIpc) is 2.55. The van der Waals surface area contributed by atoms with Crippen LogP contribution >= 0.6 is 0 Å². The zero-order valence-corrected chi connectivity index (χ0v) is 12.0. The molecular formula is C15H15FN4O2. The van der Waals surface area contributed by atoms with Crippen molar-refractivity contribution in [3.05, 3.63) is 47.4 Å². The van der Waals surface area contributed by atoms with Crippen molar-refractivity contribution in [1.82, 2.24) is 9.97 Å². The molecule has 0 aliphatic carbocycles. The maximum absolute atomic E-state index is 13.5. The molecule has 2 aromatic rings. The molecule has 22 heavy (non-hydrogen) atoms. The van der Waals surface area contributed by atoms with Crippen LogP contribution in [-0.4, -0.2) is 23.3 Å². The number of hydrogen-bond donors (Lipinski definition) is 1. The van der Waals surface area contributed by atoms with Gasteiger partial charge in [0.1, 0.15) is 13.3 Å². The summed E-state index contributed by atoms with van der Waals surface area (Å²) in [6.07, 6.45) is 1.03. The van der Waals surface area contributed by atoms with Crippen LogP contribution in [0.5, 0.6) is 6.01 Å². The lowest BCUT2D eigenvalue weighted by Gasteiger charge is -2.09. The lowest BCUT2D eigenvalue weighted by atomic mass is 10.1. The van der Waals surface area contributed by atoms with Crippen LogP contribution in [0.1, 0.15) is 18.1 Å². The van der Waals surface area contributed by atoms with Crippen LogP contribution in [0.2, 0.25) is 0 Å². The minimum Gasteiger partial charge on any atom is -0.459 e. The molecule has 2 rings (SSSR count). The fourth-order valence-electron chi connectivity index (χ4n) is 1.64. The van der Waals surface area contributed by atoms with E-state index in [0.29, 0.717) is 12.2 Å². The highest BCUT2D eigenvalue weighted by Gasteiger charge is 2.08. The highest BCUT2D eigenvalue weighted by Crippen LogP contribution is 2.14. The molecule has 0 unspecified atom stereocenters. The Labute approximate surface area is 127 Å². The van der Waals surface area contributed by atoms with E-state index in [0.717, 1.165) is 11.8 Å². The summed E-state index contributed by atoms with van der Waals surface area (Å²) in [4.78, 5) is 7.71. The van der Waals surface area contributed by atoms with E-state index >= 15 is 0 Å². The maximum atomic E-state index is 13.5. The molecule has 0 aliphatic heterocycles. The van der Waals surface area contributed by atoms with Gasteiger partial charge in [-0.3, -0.25) is 0 Å². The van der Waals surface area contributed by atoms with Gasteiger partial charge in [-0.1, -0.05) is 12.1 Å². The van der Waals surface area contributed by atoms with Crippen molar-refractivity contribution in [2.24, 2.45) is 0 Å². The number of aromatic nitrogens is 2. The van der Waals surface area contributed by atoms with Crippen LogP contribution in [0.25, 0.3) is 0 Å². The summed E-state index contributed by atoms with van der Waals surface area (Å²) >= 11 is 0. The zero-order valence-electron chi connectivity index (χ0n) is 12.0. The Hall–Kier alpha value is -2.72. The van der Waals surface area contributed by atoms with E-state index in [1.807, 2.05) is 13.0 Å². The molecular weight excluding hydrogens is 287 g/mol. The highest BCUT2D eigenvalue weighted by atomic mass is 19.1. The second-order valence-electron chi connectivity index (χ2n) is 4.26. The van der Waals surface area contributed by atoms with Gasteiger partial charge in [0.25, 0.3) is 0 Å². The first-order valence-electron chi connectivity index (χ1n) is 6.69. The van der Waals surface area contributed by atoms with Gasteiger partial charge in [-0.25, -0.2) is 9.37 Å². The van der Waals surface area contributed by atoms with E-state index in [2.05, 4.69) is 21.4 Å². The smallest absolute Gasteiger partial charge is 0.318 e. The molecule has 0 bridgehead atoms. The standard InChI is InChI=1S/C15H15FN4O2/c1-2-21-10-19-14-13(16)8-18-15(20-14)22-9-12-5-3-4-11(6-12)7-17/h3-6,8H,2,9-10H2,1H3,(H,18,19,20). The van der Waals surface area contributed by atoms with Crippen molar-refractivity contribution < 1.29 is 13.9 Å². The zero-order chi connectivity index (χ0) is 15.8. The lowest BCUT2D eigenvalue weighted by Crippen LogP contribution is -2.10. The number of nitriles is 1. The Balaban J connectivity index is 2.00. The van der Waals surface area contributed by atoms with E-state index in [4.69, 9.17) is 14.7 Å². The van der Waals surface area contributed by atoms with Gasteiger partial charge in [0.15, 0.2) is 11.6 Å². The number of hydrogen-bond acceptors (Lipinski definition) is 6.